The first-order valence-electron chi connectivity index (χ1n) is 11.3. The van der Waals surface area contributed by atoms with Crippen molar-refractivity contribution >= 4 is 38.6 Å². The van der Waals surface area contributed by atoms with Gasteiger partial charge in [0.25, 0.3) is 0 Å². The third-order valence-electron chi connectivity index (χ3n) is 6.45. The predicted octanol–water partition coefficient (Wildman–Crippen LogP) is 5.42. The van der Waals surface area contributed by atoms with E-state index in [0.29, 0.717) is 0 Å². The van der Waals surface area contributed by atoms with Crippen LogP contribution in [0.4, 0.5) is 0 Å². The number of unbranched alkanes of at least 4 members (excludes halogenated alkanes) is 3. The Bertz CT molecular complexity index is 594. The Morgan fingerprint density at radius 1 is 1.00 bits per heavy atom. The van der Waals surface area contributed by atoms with Gasteiger partial charge in [0.05, 0.1) is 0 Å². The fourth-order valence-corrected chi connectivity index (χ4v) is 25.3. The Morgan fingerprint density at radius 2 is 1.63 bits per heavy atom. The summed E-state index contributed by atoms with van der Waals surface area (Å²) in [7, 11) is 2.19. The average molecular weight is 496 g/mol. The molecule has 27 heavy (non-hydrogen) atoms. The van der Waals surface area contributed by atoms with Gasteiger partial charge in [-0.25, -0.2) is 0 Å². The zero-order chi connectivity index (χ0) is 19.3. The van der Waals surface area contributed by atoms with Crippen molar-refractivity contribution in [1.29, 1.82) is 0 Å². The van der Waals surface area contributed by atoms with Gasteiger partial charge in [0.2, 0.25) is 0 Å². The molecule has 0 saturated heterocycles. The fraction of sp³-hybridized carbons (Fsp3) is 0.773. The van der Waals surface area contributed by atoms with Crippen molar-refractivity contribution in [3.05, 3.63) is 16.5 Å². The summed E-state index contributed by atoms with van der Waals surface area (Å²) in [5, 5.41) is 0. The molecule has 0 radical (unpaired) electrons. The molecule has 2 aliphatic heterocycles. The molecular formula is C22H39N3SSn. The van der Waals surface area contributed by atoms with Gasteiger partial charge in [-0.05, 0) is 0 Å². The normalized spacial score (nSPS) is 17.0. The maximum absolute atomic E-state index is 4.74. The molecule has 1 aromatic heterocycles. The van der Waals surface area contributed by atoms with Crippen LogP contribution in [0.3, 0.4) is 0 Å². The number of aliphatic imine (C=N–C) groups is 1. The number of thiophene rings is 1. The second kappa shape index (κ2) is 10.00. The number of guanidine groups is 1. The molecule has 0 atom stereocenters. The monoisotopic (exact) mass is 497 g/mol. The second-order valence-electron chi connectivity index (χ2n) is 8.61. The van der Waals surface area contributed by atoms with E-state index in [9.17, 15) is 0 Å². The van der Waals surface area contributed by atoms with E-state index in [1.165, 1.54) is 44.5 Å². The van der Waals surface area contributed by atoms with Gasteiger partial charge in [-0.1, -0.05) is 0 Å². The number of fused-ring (bicyclic) bond motifs is 1. The van der Waals surface area contributed by atoms with Crippen molar-refractivity contribution in [2.24, 2.45) is 4.99 Å². The van der Waals surface area contributed by atoms with Crippen LogP contribution in [0.15, 0.2) is 11.1 Å². The molecule has 1 aromatic rings. The second-order valence-corrected chi connectivity index (χ2v) is 23.9. The number of hydrogen-bond acceptors (Lipinski definition) is 4. The van der Waals surface area contributed by atoms with E-state index >= 15 is 0 Å². The molecule has 0 fully saturated rings. The molecule has 3 heterocycles. The summed E-state index contributed by atoms with van der Waals surface area (Å²) in [6.45, 7) is 11.4. The molecule has 3 nitrogen and oxygen atoms in total. The summed E-state index contributed by atoms with van der Waals surface area (Å²) in [5.41, 5.74) is 1.63. The van der Waals surface area contributed by atoms with E-state index < -0.39 is 18.4 Å². The van der Waals surface area contributed by atoms with E-state index in [1.807, 2.05) is 2.89 Å². The number of rotatable bonds is 10. The Hall–Kier alpha value is -0.231. The van der Waals surface area contributed by atoms with Crippen LogP contribution in [0.2, 0.25) is 13.3 Å². The van der Waals surface area contributed by atoms with Gasteiger partial charge in [0.1, 0.15) is 0 Å². The van der Waals surface area contributed by atoms with Gasteiger partial charge in [0.15, 0.2) is 0 Å². The van der Waals surface area contributed by atoms with E-state index in [0.717, 1.165) is 26.2 Å². The molecule has 0 bridgehead atoms. The summed E-state index contributed by atoms with van der Waals surface area (Å²) >= 11 is -0.0188. The van der Waals surface area contributed by atoms with Crippen LogP contribution < -0.4 is 2.89 Å². The molecule has 0 unspecified atom stereocenters. The van der Waals surface area contributed by atoms with Crippen molar-refractivity contribution in [1.82, 2.24) is 9.80 Å². The van der Waals surface area contributed by atoms with Gasteiger partial charge in [-0.2, -0.15) is 0 Å². The van der Waals surface area contributed by atoms with Crippen LogP contribution in [-0.4, -0.2) is 54.3 Å². The molecule has 0 N–H and O–H groups in total. The molecule has 0 aromatic carbocycles. The third kappa shape index (κ3) is 4.85. The molecular weight excluding hydrogens is 457 g/mol. The first kappa shape index (κ1) is 21.5. The van der Waals surface area contributed by atoms with Crippen molar-refractivity contribution in [3.8, 4) is 0 Å². The van der Waals surface area contributed by atoms with Crippen molar-refractivity contribution in [2.75, 3.05) is 20.1 Å². The predicted molar refractivity (Wildman–Crippen MR) is 123 cm³/mol. The number of nitrogens with zero attached hydrogens (tertiary/aromatic N) is 3. The summed E-state index contributed by atoms with van der Waals surface area (Å²) in [6.07, 6.45) is 8.46. The van der Waals surface area contributed by atoms with Crippen LogP contribution in [0.1, 0.15) is 69.7 Å². The van der Waals surface area contributed by atoms with Crippen molar-refractivity contribution in [2.45, 2.75) is 85.7 Å². The SMILES string of the molecule is CCC[CH2][Sn]([CH2]CCC)([CH2]CCC)[c]1cc2c(s1)CN(C1=NCCN1C)C2. The molecule has 0 amide bonds. The standard InChI is InChI=1S/C10H12N3S.3C4H9.Sn/c1-12-4-3-11-10(12)13-6-8-2-5-14-9(8)7-13;3*1-3-4-2;/h2H,3-4,6-7H2,1H3;3*1,3-4H2,2H3;. The molecule has 3 rings (SSSR count). The number of likely N-dealkylation sites (N-methyl/N-ethyl adjacent to an activating group) is 1. The molecule has 0 aliphatic carbocycles. The molecule has 0 spiro atoms. The average Bonchev–Trinajstić information content (AvgIpc) is 3.35. The Labute approximate surface area is 175 Å². The van der Waals surface area contributed by atoms with Crippen molar-refractivity contribution in [3.63, 3.8) is 0 Å². The van der Waals surface area contributed by atoms with Gasteiger partial charge in [0, 0.05) is 0 Å². The molecule has 152 valence electrons. The Balaban J connectivity index is 1.80. The summed E-state index contributed by atoms with van der Waals surface area (Å²) in [4.78, 5) is 11.2. The van der Waals surface area contributed by atoms with Crippen LogP contribution in [0.25, 0.3) is 0 Å². The fourth-order valence-electron chi connectivity index (χ4n) is 4.72. The van der Waals surface area contributed by atoms with E-state index in [4.69, 9.17) is 4.99 Å². The number of hydrogen-bond donors (Lipinski definition) is 0. The van der Waals surface area contributed by atoms with Crippen LogP contribution in [-0.2, 0) is 13.1 Å². The van der Waals surface area contributed by atoms with E-state index in [1.54, 1.807) is 23.8 Å². The van der Waals surface area contributed by atoms with E-state index in [-0.39, 0.29) is 0 Å². The zero-order valence-electron chi connectivity index (χ0n) is 18.0. The quantitative estimate of drug-likeness (QED) is 0.403. The first-order chi connectivity index (χ1) is 13.1. The minimum atomic E-state index is -2.24. The summed E-state index contributed by atoms with van der Waals surface area (Å²) < 4.78 is 6.67. The molecule has 5 heteroatoms. The molecule has 2 aliphatic rings. The third-order valence-corrected chi connectivity index (χ3v) is 25.8. The van der Waals surface area contributed by atoms with Crippen LogP contribution >= 0.6 is 11.3 Å². The maximum atomic E-state index is 4.74. The molecule has 0 saturated carbocycles. The summed E-state index contributed by atoms with van der Waals surface area (Å²) in [5.74, 6) is 1.22. The van der Waals surface area contributed by atoms with E-state index in [2.05, 4.69) is 55.0 Å². The van der Waals surface area contributed by atoms with Crippen LogP contribution in [0.5, 0.6) is 0 Å². The van der Waals surface area contributed by atoms with Gasteiger partial charge >= 0.3 is 176 Å². The van der Waals surface area contributed by atoms with Gasteiger partial charge in [-0.3, -0.25) is 0 Å². The Morgan fingerprint density at radius 3 is 2.11 bits per heavy atom. The minimum absolute atomic E-state index is 0.964. The van der Waals surface area contributed by atoms with Crippen molar-refractivity contribution < 1.29 is 0 Å². The van der Waals surface area contributed by atoms with Crippen LogP contribution in [0, 0.1) is 0 Å². The summed E-state index contributed by atoms with van der Waals surface area (Å²) in [6, 6.07) is 2.69. The van der Waals surface area contributed by atoms with Gasteiger partial charge < -0.3 is 0 Å². The Kier molecular flexibility index (Phi) is 7.95. The topological polar surface area (TPSA) is 18.8 Å². The zero-order valence-corrected chi connectivity index (χ0v) is 21.7. The first-order valence-corrected chi connectivity index (χ1v) is 19.6. The van der Waals surface area contributed by atoms with Gasteiger partial charge in [-0.15, -0.1) is 0 Å².